The molecule has 1 atom stereocenters. The molecule has 0 saturated carbocycles. The van der Waals surface area contributed by atoms with Crippen molar-refractivity contribution in [3.05, 3.63) is 36.0 Å². The van der Waals surface area contributed by atoms with Crippen molar-refractivity contribution in [3.63, 3.8) is 0 Å². The molecule has 0 radical (unpaired) electrons. The Bertz CT molecular complexity index is 853. The van der Waals surface area contributed by atoms with Gasteiger partial charge in [0.25, 0.3) is 0 Å². The molecule has 2 amide bonds. The number of methoxy groups -OCH3 is 1. The van der Waals surface area contributed by atoms with Crippen LogP contribution in [-0.2, 0) is 25.5 Å². The van der Waals surface area contributed by atoms with Gasteiger partial charge in [0.15, 0.2) is 0 Å². The summed E-state index contributed by atoms with van der Waals surface area (Å²) >= 11 is 0. The summed E-state index contributed by atoms with van der Waals surface area (Å²) in [6.45, 7) is 4.99. The zero-order chi connectivity index (χ0) is 20.9. The summed E-state index contributed by atoms with van der Waals surface area (Å²) in [6, 6.07) is 6.81. The van der Waals surface area contributed by atoms with Crippen LogP contribution >= 0.6 is 0 Å². The highest BCUT2D eigenvalue weighted by Gasteiger charge is 2.26. The van der Waals surface area contributed by atoms with Crippen LogP contribution in [0.3, 0.4) is 0 Å². The third kappa shape index (κ3) is 5.73. The topological polar surface area (TPSA) is 101 Å². The Kier molecular flexibility index (Phi) is 6.66. The first-order chi connectivity index (χ1) is 13.1. The number of ether oxygens (including phenoxy) is 2. The highest BCUT2D eigenvalue weighted by Crippen LogP contribution is 2.19. The fourth-order valence-corrected chi connectivity index (χ4v) is 2.72. The highest BCUT2D eigenvalue weighted by molar-refractivity contribution is 5.88. The van der Waals surface area contributed by atoms with Gasteiger partial charge in [-0.2, -0.15) is 0 Å². The number of benzene rings is 1. The van der Waals surface area contributed by atoms with Crippen molar-refractivity contribution in [2.75, 3.05) is 20.7 Å². The maximum Gasteiger partial charge on any atom is 0.410 e. The van der Waals surface area contributed by atoms with Crippen molar-refractivity contribution in [3.8, 4) is 0 Å². The quantitative estimate of drug-likeness (QED) is 0.738. The molecular weight excluding hydrogens is 362 g/mol. The third-order valence-electron chi connectivity index (χ3n) is 4.01. The summed E-state index contributed by atoms with van der Waals surface area (Å²) in [7, 11) is 2.73. The van der Waals surface area contributed by atoms with E-state index in [-0.39, 0.29) is 13.0 Å². The van der Waals surface area contributed by atoms with E-state index >= 15 is 0 Å². The maximum absolute atomic E-state index is 12.4. The van der Waals surface area contributed by atoms with Crippen molar-refractivity contribution >= 4 is 28.9 Å². The van der Waals surface area contributed by atoms with Crippen molar-refractivity contribution in [1.29, 1.82) is 0 Å². The van der Waals surface area contributed by atoms with Crippen LogP contribution in [0.4, 0.5) is 4.79 Å². The number of likely N-dealkylation sites (N-methyl/N-ethyl adjacent to an activating group) is 1. The molecule has 2 aromatic rings. The average Bonchev–Trinajstić information content (AvgIpc) is 3.02. The van der Waals surface area contributed by atoms with Crippen molar-refractivity contribution in [1.82, 2.24) is 15.2 Å². The summed E-state index contributed by atoms with van der Waals surface area (Å²) in [5.41, 5.74) is 1.16. The normalized spacial score (nSPS) is 12.3. The first kappa shape index (κ1) is 21.3. The molecule has 1 aromatic carbocycles. The zero-order valence-electron chi connectivity index (χ0n) is 16.9. The number of fused-ring (bicyclic) bond motifs is 1. The molecule has 0 aliphatic carbocycles. The first-order valence-corrected chi connectivity index (χ1v) is 8.97. The maximum atomic E-state index is 12.4. The second kappa shape index (κ2) is 8.77. The van der Waals surface area contributed by atoms with Crippen molar-refractivity contribution in [2.24, 2.45) is 0 Å². The van der Waals surface area contributed by atoms with Gasteiger partial charge < -0.3 is 24.7 Å². The van der Waals surface area contributed by atoms with Gasteiger partial charge in [-0.25, -0.2) is 9.59 Å². The minimum Gasteiger partial charge on any atom is -0.467 e. The van der Waals surface area contributed by atoms with E-state index in [9.17, 15) is 14.4 Å². The van der Waals surface area contributed by atoms with E-state index in [2.05, 4.69) is 10.3 Å². The van der Waals surface area contributed by atoms with Gasteiger partial charge in [0.1, 0.15) is 18.2 Å². The molecule has 1 aromatic heterocycles. The summed E-state index contributed by atoms with van der Waals surface area (Å²) < 4.78 is 10.0. The fourth-order valence-electron chi connectivity index (χ4n) is 2.72. The minimum absolute atomic E-state index is 0.240. The van der Waals surface area contributed by atoms with Crippen LogP contribution in [0, 0.1) is 0 Å². The lowest BCUT2D eigenvalue weighted by molar-refractivity contribution is -0.145. The van der Waals surface area contributed by atoms with Crippen LogP contribution < -0.4 is 5.32 Å². The lowest BCUT2D eigenvalue weighted by atomic mass is 10.0. The number of nitrogens with one attached hydrogen (secondary N) is 2. The lowest BCUT2D eigenvalue weighted by Crippen LogP contribution is -2.48. The predicted octanol–water partition coefficient (Wildman–Crippen LogP) is 2.24. The molecule has 8 nitrogen and oxygen atoms in total. The minimum atomic E-state index is -0.872. The predicted molar refractivity (Wildman–Crippen MR) is 105 cm³/mol. The Morgan fingerprint density at radius 1 is 1.21 bits per heavy atom. The van der Waals surface area contributed by atoms with Gasteiger partial charge in [-0.1, -0.05) is 18.2 Å². The fraction of sp³-hybridized carbons (Fsp3) is 0.450. The molecule has 1 unspecified atom stereocenters. The standard InChI is InChI=1S/C20H27N3O5/c1-20(2,3)28-19(26)23(4)12-17(24)22-16(18(25)27-5)10-13-11-21-15-9-7-6-8-14(13)15/h6-9,11,16,21H,10,12H2,1-5H3,(H,22,24). The van der Waals surface area contributed by atoms with E-state index in [1.165, 1.54) is 14.2 Å². The number of carbonyl (C=O) groups excluding carboxylic acids is 3. The molecular formula is C20H27N3O5. The van der Waals surface area contributed by atoms with E-state index in [0.717, 1.165) is 21.4 Å². The van der Waals surface area contributed by atoms with Gasteiger partial charge in [0.05, 0.1) is 7.11 Å². The second-order valence-electron chi connectivity index (χ2n) is 7.54. The van der Waals surface area contributed by atoms with E-state index < -0.39 is 29.6 Å². The van der Waals surface area contributed by atoms with Gasteiger partial charge >= 0.3 is 12.1 Å². The molecule has 0 aliphatic rings. The van der Waals surface area contributed by atoms with Crippen LogP contribution in [0.2, 0.25) is 0 Å². The number of rotatable bonds is 6. The van der Waals surface area contributed by atoms with E-state index in [0.29, 0.717) is 0 Å². The Balaban J connectivity index is 2.04. The van der Waals surface area contributed by atoms with Crippen LogP contribution in [0.15, 0.2) is 30.5 Å². The summed E-state index contributed by atoms with van der Waals surface area (Å²) in [6.07, 6.45) is 1.45. The van der Waals surface area contributed by atoms with Gasteiger partial charge in [-0.3, -0.25) is 4.79 Å². The van der Waals surface area contributed by atoms with Gasteiger partial charge in [0.2, 0.25) is 5.91 Å². The van der Waals surface area contributed by atoms with Crippen LogP contribution in [0.1, 0.15) is 26.3 Å². The zero-order valence-corrected chi connectivity index (χ0v) is 16.9. The third-order valence-corrected chi connectivity index (χ3v) is 4.01. The Hall–Kier alpha value is -3.03. The first-order valence-electron chi connectivity index (χ1n) is 8.97. The number of para-hydroxylation sites is 1. The number of hydrogen-bond acceptors (Lipinski definition) is 5. The largest absolute Gasteiger partial charge is 0.467 e. The molecule has 0 aliphatic heterocycles. The number of amides is 2. The molecule has 8 heteroatoms. The van der Waals surface area contributed by atoms with Gasteiger partial charge in [-0.05, 0) is 32.4 Å². The molecule has 28 heavy (non-hydrogen) atoms. The molecule has 0 bridgehead atoms. The molecule has 0 spiro atoms. The molecule has 152 valence electrons. The number of esters is 1. The molecule has 2 N–H and O–H groups in total. The summed E-state index contributed by atoms with van der Waals surface area (Å²) in [4.78, 5) is 40.8. The number of carbonyl (C=O) groups is 3. The molecule has 1 heterocycles. The smallest absolute Gasteiger partial charge is 0.410 e. The SMILES string of the molecule is COC(=O)C(Cc1c[nH]c2ccccc12)NC(=O)CN(C)C(=O)OC(C)(C)C. The Labute approximate surface area is 164 Å². The lowest BCUT2D eigenvalue weighted by Gasteiger charge is -2.25. The number of nitrogens with zero attached hydrogens (tertiary/aromatic N) is 1. The molecule has 0 fully saturated rings. The Morgan fingerprint density at radius 2 is 1.89 bits per heavy atom. The number of H-pyrrole nitrogens is 1. The number of aromatic nitrogens is 1. The molecule has 0 saturated heterocycles. The second-order valence-corrected chi connectivity index (χ2v) is 7.54. The van der Waals surface area contributed by atoms with Crippen LogP contribution in [-0.4, -0.2) is 60.2 Å². The van der Waals surface area contributed by atoms with Gasteiger partial charge in [0, 0.05) is 30.6 Å². The number of hydrogen-bond donors (Lipinski definition) is 2. The summed E-state index contributed by atoms with van der Waals surface area (Å²) in [5, 5.41) is 3.61. The van der Waals surface area contributed by atoms with E-state index in [4.69, 9.17) is 9.47 Å². The Morgan fingerprint density at radius 3 is 2.54 bits per heavy atom. The summed E-state index contributed by atoms with van der Waals surface area (Å²) in [5.74, 6) is -1.04. The van der Waals surface area contributed by atoms with Crippen LogP contribution in [0.5, 0.6) is 0 Å². The van der Waals surface area contributed by atoms with Crippen LogP contribution in [0.25, 0.3) is 10.9 Å². The average molecular weight is 389 g/mol. The van der Waals surface area contributed by atoms with E-state index in [1.54, 1.807) is 27.0 Å². The molecule has 2 rings (SSSR count). The highest BCUT2D eigenvalue weighted by atomic mass is 16.6. The van der Waals surface area contributed by atoms with Gasteiger partial charge in [-0.15, -0.1) is 0 Å². The number of aromatic amines is 1. The van der Waals surface area contributed by atoms with E-state index in [1.807, 2.05) is 24.3 Å². The van der Waals surface area contributed by atoms with Crippen molar-refractivity contribution in [2.45, 2.75) is 38.8 Å². The monoisotopic (exact) mass is 389 g/mol. The van der Waals surface area contributed by atoms with Crippen molar-refractivity contribution < 1.29 is 23.9 Å².